The molecule has 0 saturated heterocycles. The van der Waals surface area contributed by atoms with Gasteiger partial charge in [0.2, 0.25) is 0 Å². The molecule has 1 aliphatic rings. The van der Waals surface area contributed by atoms with Crippen molar-refractivity contribution in [2.75, 3.05) is 19.0 Å². The van der Waals surface area contributed by atoms with Crippen molar-refractivity contribution in [2.24, 2.45) is 0 Å². The number of thioether (sulfide) groups is 1. The highest BCUT2D eigenvalue weighted by atomic mass is 35.5. The molecule has 1 atom stereocenters. The highest BCUT2D eigenvalue weighted by molar-refractivity contribution is 7.99. The van der Waals surface area contributed by atoms with E-state index in [1.165, 1.54) is 0 Å². The van der Waals surface area contributed by atoms with Crippen LogP contribution in [0, 0.1) is 11.3 Å². The molecule has 0 amide bonds. The number of nitrogens with zero attached hydrogens (tertiary/aromatic N) is 1. The molecule has 5 heteroatoms. The van der Waals surface area contributed by atoms with E-state index in [1.807, 2.05) is 24.3 Å². The number of alkyl halides is 1. The van der Waals surface area contributed by atoms with Crippen LogP contribution in [0.5, 0.6) is 11.5 Å². The van der Waals surface area contributed by atoms with E-state index in [4.69, 9.17) is 26.3 Å². The monoisotopic (exact) mass is 269 g/mol. The van der Waals surface area contributed by atoms with Crippen molar-refractivity contribution in [3.05, 3.63) is 18.2 Å². The van der Waals surface area contributed by atoms with Gasteiger partial charge in [-0.2, -0.15) is 5.26 Å². The quantitative estimate of drug-likeness (QED) is 0.625. The topological polar surface area (TPSA) is 42.2 Å². The fourth-order valence-corrected chi connectivity index (χ4v) is 2.40. The maximum Gasteiger partial charge on any atom is 0.162 e. The number of fused-ring (bicyclic) bond motifs is 1. The molecular weight excluding hydrogens is 258 g/mol. The van der Waals surface area contributed by atoms with E-state index in [-0.39, 0.29) is 0 Å². The number of benzene rings is 1. The Morgan fingerprint density at radius 3 is 2.88 bits per heavy atom. The van der Waals surface area contributed by atoms with Gasteiger partial charge in [0.25, 0.3) is 0 Å². The van der Waals surface area contributed by atoms with Crippen molar-refractivity contribution < 1.29 is 9.47 Å². The summed E-state index contributed by atoms with van der Waals surface area (Å²) in [7, 11) is 0. The van der Waals surface area contributed by atoms with Gasteiger partial charge in [-0.25, -0.2) is 0 Å². The first-order chi connectivity index (χ1) is 8.29. The molecule has 1 heterocycles. The van der Waals surface area contributed by atoms with Gasteiger partial charge in [0.05, 0.1) is 19.3 Å². The van der Waals surface area contributed by atoms with Gasteiger partial charge in [-0.3, -0.25) is 0 Å². The zero-order chi connectivity index (χ0) is 12.1. The van der Waals surface area contributed by atoms with Crippen molar-refractivity contribution in [2.45, 2.75) is 16.7 Å². The summed E-state index contributed by atoms with van der Waals surface area (Å²) < 4.78 is 11.1. The number of halogens is 1. The second-order valence-electron chi connectivity index (χ2n) is 3.57. The van der Waals surface area contributed by atoms with Crippen LogP contribution < -0.4 is 9.47 Å². The smallest absolute Gasteiger partial charge is 0.162 e. The minimum atomic E-state index is -0.462. The third kappa shape index (κ3) is 3.45. The predicted molar refractivity (Wildman–Crippen MR) is 68.0 cm³/mol. The fraction of sp³-hybridized carbons (Fsp3) is 0.417. The predicted octanol–water partition coefficient (Wildman–Crippen LogP) is 3.07. The summed E-state index contributed by atoms with van der Waals surface area (Å²) in [6.07, 6.45) is 0.898. The molecule has 0 spiro atoms. The largest absolute Gasteiger partial charge is 0.490 e. The maximum atomic E-state index is 8.60. The van der Waals surface area contributed by atoms with Crippen LogP contribution in [0.25, 0.3) is 0 Å². The van der Waals surface area contributed by atoms with E-state index < -0.39 is 5.38 Å². The summed E-state index contributed by atoms with van der Waals surface area (Å²) in [6.45, 7) is 1.37. The van der Waals surface area contributed by atoms with Crippen LogP contribution in [-0.4, -0.2) is 24.3 Å². The summed E-state index contributed by atoms with van der Waals surface area (Å²) in [4.78, 5) is 1.04. The summed E-state index contributed by atoms with van der Waals surface area (Å²) in [6, 6.07) is 7.79. The van der Waals surface area contributed by atoms with Crippen LogP contribution in [-0.2, 0) is 0 Å². The number of rotatable bonds is 3. The molecule has 2 rings (SSSR count). The molecule has 0 N–H and O–H groups in total. The lowest BCUT2D eigenvalue weighted by molar-refractivity contribution is 0.297. The van der Waals surface area contributed by atoms with Gasteiger partial charge >= 0.3 is 0 Å². The van der Waals surface area contributed by atoms with E-state index in [0.29, 0.717) is 19.0 Å². The van der Waals surface area contributed by atoms with E-state index in [9.17, 15) is 0 Å². The van der Waals surface area contributed by atoms with Gasteiger partial charge in [-0.15, -0.1) is 23.4 Å². The minimum absolute atomic E-state index is 0.462. The molecule has 0 radical (unpaired) electrons. The Kier molecular flexibility index (Phi) is 4.41. The van der Waals surface area contributed by atoms with Crippen molar-refractivity contribution in [1.82, 2.24) is 0 Å². The Bertz CT molecular complexity index is 433. The molecule has 0 bridgehead atoms. The second kappa shape index (κ2) is 6.04. The zero-order valence-electron chi connectivity index (χ0n) is 9.19. The number of hydrogen-bond acceptors (Lipinski definition) is 4. The van der Waals surface area contributed by atoms with Gasteiger partial charge in [-0.05, 0) is 18.2 Å². The Hall–Kier alpha value is -1.05. The Morgan fingerprint density at radius 1 is 1.35 bits per heavy atom. The standard InChI is InChI=1S/C12H12ClNO2S/c13-9(7-14)8-17-10-2-3-11-12(6-10)16-5-1-4-15-11/h2-3,6,9H,1,4-5,8H2. The molecule has 17 heavy (non-hydrogen) atoms. The third-order valence-corrected chi connectivity index (χ3v) is 3.78. The normalized spacial score (nSPS) is 15.8. The Labute approximate surface area is 110 Å². The van der Waals surface area contributed by atoms with Crippen molar-refractivity contribution in [1.29, 1.82) is 5.26 Å². The molecule has 90 valence electrons. The second-order valence-corrected chi connectivity index (χ2v) is 5.19. The lowest BCUT2D eigenvalue weighted by Crippen LogP contribution is -1.97. The SMILES string of the molecule is N#CC(Cl)CSc1ccc2c(c1)OCCCO2. The van der Waals surface area contributed by atoms with E-state index in [0.717, 1.165) is 22.8 Å². The third-order valence-electron chi connectivity index (χ3n) is 2.26. The lowest BCUT2D eigenvalue weighted by Gasteiger charge is -2.09. The summed E-state index contributed by atoms with van der Waals surface area (Å²) in [5, 5.41) is 8.14. The van der Waals surface area contributed by atoms with Gasteiger partial charge in [0.15, 0.2) is 11.5 Å². The van der Waals surface area contributed by atoms with Gasteiger partial charge in [0, 0.05) is 17.1 Å². The van der Waals surface area contributed by atoms with Crippen molar-refractivity contribution in [3.63, 3.8) is 0 Å². The lowest BCUT2D eigenvalue weighted by atomic mass is 10.3. The molecule has 3 nitrogen and oxygen atoms in total. The van der Waals surface area contributed by atoms with Crippen molar-refractivity contribution in [3.8, 4) is 17.6 Å². The van der Waals surface area contributed by atoms with Gasteiger partial charge in [0.1, 0.15) is 5.38 Å². The zero-order valence-corrected chi connectivity index (χ0v) is 10.8. The van der Waals surface area contributed by atoms with Crippen LogP contribution in [0.2, 0.25) is 0 Å². The number of ether oxygens (including phenoxy) is 2. The summed E-state index contributed by atoms with van der Waals surface area (Å²) in [5.74, 6) is 2.13. The van der Waals surface area contributed by atoms with E-state index >= 15 is 0 Å². The summed E-state index contributed by atoms with van der Waals surface area (Å²) >= 11 is 7.29. The average Bonchev–Trinajstić information content (AvgIpc) is 2.60. The first-order valence-corrected chi connectivity index (χ1v) is 6.78. The van der Waals surface area contributed by atoms with Gasteiger partial charge in [-0.1, -0.05) is 0 Å². The van der Waals surface area contributed by atoms with Crippen LogP contribution in [0.15, 0.2) is 23.1 Å². The minimum Gasteiger partial charge on any atom is -0.490 e. The average molecular weight is 270 g/mol. The van der Waals surface area contributed by atoms with Crippen LogP contribution in [0.4, 0.5) is 0 Å². The molecular formula is C12H12ClNO2S. The Morgan fingerprint density at radius 2 is 2.12 bits per heavy atom. The first-order valence-electron chi connectivity index (χ1n) is 5.36. The maximum absolute atomic E-state index is 8.60. The molecule has 0 fully saturated rings. The molecule has 0 saturated carbocycles. The molecule has 1 aromatic carbocycles. The Balaban J connectivity index is 2.05. The van der Waals surface area contributed by atoms with Gasteiger partial charge < -0.3 is 9.47 Å². The van der Waals surface area contributed by atoms with E-state index in [1.54, 1.807) is 11.8 Å². The highest BCUT2D eigenvalue weighted by Crippen LogP contribution is 2.34. The molecule has 0 aliphatic carbocycles. The summed E-state index contributed by atoms with van der Waals surface area (Å²) in [5.41, 5.74) is 0. The molecule has 1 aromatic rings. The number of hydrogen-bond donors (Lipinski definition) is 0. The van der Waals surface area contributed by atoms with E-state index in [2.05, 4.69) is 0 Å². The number of nitriles is 1. The molecule has 1 aliphatic heterocycles. The van der Waals surface area contributed by atoms with Crippen LogP contribution in [0.3, 0.4) is 0 Å². The van der Waals surface area contributed by atoms with Crippen molar-refractivity contribution >= 4 is 23.4 Å². The first kappa shape index (κ1) is 12.4. The highest BCUT2D eigenvalue weighted by Gasteiger charge is 2.11. The molecule has 1 unspecified atom stereocenters. The molecule has 0 aromatic heterocycles. The van der Waals surface area contributed by atoms with Crippen LogP contribution in [0.1, 0.15) is 6.42 Å². The fourth-order valence-electron chi connectivity index (χ4n) is 1.44. The van der Waals surface area contributed by atoms with Crippen LogP contribution >= 0.6 is 23.4 Å².